The lowest BCUT2D eigenvalue weighted by Crippen LogP contribution is -2.14. The molecule has 2 N–H and O–H groups in total. The van der Waals surface area contributed by atoms with Crippen molar-refractivity contribution in [3.05, 3.63) is 41.3 Å². The van der Waals surface area contributed by atoms with E-state index in [1.807, 2.05) is 19.9 Å². The van der Waals surface area contributed by atoms with E-state index >= 15 is 0 Å². The predicted octanol–water partition coefficient (Wildman–Crippen LogP) is 2.26. The van der Waals surface area contributed by atoms with Crippen LogP contribution in [0, 0.1) is 13.8 Å². The molecular weight excluding hydrogens is 282 g/mol. The molecule has 0 fully saturated rings. The van der Waals surface area contributed by atoms with E-state index in [1.54, 1.807) is 32.4 Å². The highest BCUT2D eigenvalue weighted by atomic mass is 16.5. The Balaban J connectivity index is 2.13. The van der Waals surface area contributed by atoms with Crippen LogP contribution in [0.1, 0.15) is 23.2 Å². The zero-order valence-electron chi connectivity index (χ0n) is 13.3. The number of methoxy groups -OCH3 is 2. The number of aliphatic hydroxyl groups is 1. The van der Waals surface area contributed by atoms with Gasteiger partial charge in [-0.15, -0.1) is 0 Å². The molecule has 1 heterocycles. The van der Waals surface area contributed by atoms with Gasteiger partial charge in [-0.3, -0.25) is 0 Å². The van der Waals surface area contributed by atoms with E-state index in [4.69, 9.17) is 9.47 Å². The summed E-state index contributed by atoms with van der Waals surface area (Å²) in [5.41, 5.74) is 1.54. The fourth-order valence-electron chi connectivity index (χ4n) is 2.22. The van der Waals surface area contributed by atoms with Gasteiger partial charge in [-0.1, -0.05) is 0 Å². The number of anilines is 1. The third kappa shape index (κ3) is 3.85. The van der Waals surface area contributed by atoms with Gasteiger partial charge in [-0.05, 0) is 32.0 Å². The Labute approximate surface area is 130 Å². The zero-order valence-corrected chi connectivity index (χ0v) is 13.3. The van der Waals surface area contributed by atoms with Gasteiger partial charge in [-0.2, -0.15) is 0 Å². The molecule has 0 saturated carbocycles. The highest BCUT2D eigenvalue weighted by Crippen LogP contribution is 2.29. The van der Waals surface area contributed by atoms with E-state index in [9.17, 15) is 5.11 Å². The molecule has 0 radical (unpaired) electrons. The van der Waals surface area contributed by atoms with Crippen LogP contribution < -0.4 is 14.8 Å². The number of aromatic nitrogens is 2. The summed E-state index contributed by atoms with van der Waals surface area (Å²) < 4.78 is 10.5. The van der Waals surface area contributed by atoms with Crippen LogP contribution in [0.15, 0.2) is 24.3 Å². The Morgan fingerprint density at radius 2 is 1.91 bits per heavy atom. The van der Waals surface area contributed by atoms with Crippen LogP contribution in [0.2, 0.25) is 0 Å². The molecule has 0 aliphatic heterocycles. The first-order valence-electron chi connectivity index (χ1n) is 6.99. The van der Waals surface area contributed by atoms with Crippen molar-refractivity contribution in [2.45, 2.75) is 20.0 Å². The summed E-state index contributed by atoms with van der Waals surface area (Å²) in [5.74, 6) is 2.66. The molecule has 0 unspecified atom stereocenters. The number of hydrogen-bond donors (Lipinski definition) is 2. The second kappa shape index (κ2) is 7.09. The SMILES string of the molecule is COc1ccc(OC)c([C@@H](O)CNc2cc(C)nc(C)n2)c1. The maximum absolute atomic E-state index is 10.4. The summed E-state index contributed by atoms with van der Waals surface area (Å²) >= 11 is 0. The molecule has 6 nitrogen and oxygen atoms in total. The molecule has 2 rings (SSSR count). The fraction of sp³-hybridized carbons (Fsp3) is 0.375. The molecule has 0 aliphatic carbocycles. The topological polar surface area (TPSA) is 76.5 Å². The van der Waals surface area contributed by atoms with Crippen molar-refractivity contribution in [2.75, 3.05) is 26.1 Å². The van der Waals surface area contributed by atoms with Crippen molar-refractivity contribution in [3.8, 4) is 11.5 Å². The zero-order chi connectivity index (χ0) is 16.1. The summed E-state index contributed by atoms with van der Waals surface area (Å²) in [5, 5.41) is 13.5. The monoisotopic (exact) mass is 303 g/mol. The minimum Gasteiger partial charge on any atom is -0.497 e. The van der Waals surface area contributed by atoms with Gasteiger partial charge in [0.2, 0.25) is 0 Å². The molecule has 0 aliphatic rings. The van der Waals surface area contributed by atoms with Crippen LogP contribution in [0.3, 0.4) is 0 Å². The number of nitrogens with zero attached hydrogens (tertiary/aromatic N) is 2. The number of benzene rings is 1. The van der Waals surface area contributed by atoms with Gasteiger partial charge in [-0.25, -0.2) is 9.97 Å². The number of rotatable bonds is 6. The van der Waals surface area contributed by atoms with E-state index in [-0.39, 0.29) is 0 Å². The van der Waals surface area contributed by atoms with Gasteiger partial charge in [0.15, 0.2) is 0 Å². The first-order chi connectivity index (χ1) is 10.5. The number of aryl methyl sites for hydroxylation is 2. The van der Waals surface area contributed by atoms with Crippen LogP contribution >= 0.6 is 0 Å². The van der Waals surface area contributed by atoms with Crippen LogP contribution in [-0.4, -0.2) is 35.8 Å². The Hall–Kier alpha value is -2.34. The highest BCUT2D eigenvalue weighted by Gasteiger charge is 2.15. The van der Waals surface area contributed by atoms with E-state index in [0.717, 1.165) is 5.69 Å². The lowest BCUT2D eigenvalue weighted by atomic mass is 10.1. The summed E-state index contributed by atoms with van der Waals surface area (Å²) in [6.07, 6.45) is -0.749. The molecule has 118 valence electrons. The van der Waals surface area contributed by atoms with Crippen LogP contribution in [0.4, 0.5) is 5.82 Å². The first kappa shape index (κ1) is 16.0. The highest BCUT2D eigenvalue weighted by molar-refractivity contribution is 5.43. The predicted molar refractivity (Wildman–Crippen MR) is 84.5 cm³/mol. The third-order valence-electron chi connectivity index (χ3n) is 3.24. The fourth-order valence-corrected chi connectivity index (χ4v) is 2.22. The van der Waals surface area contributed by atoms with Crippen molar-refractivity contribution in [2.24, 2.45) is 0 Å². The summed E-state index contributed by atoms with van der Waals surface area (Å²) in [4.78, 5) is 8.51. The lowest BCUT2D eigenvalue weighted by molar-refractivity contribution is 0.186. The minimum atomic E-state index is -0.749. The van der Waals surface area contributed by atoms with Crippen LogP contribution in [0.25, 0.3) is 0 Å². The van der Waals surface area contributed by atoms with Crippen LogP contribution in [0.5, 0.6) is 11.5 Å². The molecule has 1 aromatic carbocycles. The molecule has 0 amide bonds. The van der Waals surface area contributed by atoms with Crippen molar-refractivity contribution in [3.63, 3.8) is 0 Å². The van der Waals surface area contributed by atoms with Gasteiger partial charge >= 0.3 is 0 Å². The lowest BCUT2D eigenvalue weighted by Gasteiger charge is -2.17. The molecular formula is C16H21N3O3. The average molecular weight is 303 g/mol. The maximum atomic E-state index is 10.4. The standard InChI is InChI=1S/C16H21N3O3/c1-10-7-16(19-11(2)18-10)17-9-14(20)13-8-12(21-3)5-6-15(13)22-4/h5-8,14,20H,9H2,1-4H3,(H,17,18,19)/t14-/m0/s1. The van der Waals surface area contributed by atoms with E-state index in [0.29, 0.717) is 35.2 Å². The Kier molecular flexibility index (Phi) is 5.16. The van der Waals surface area contributed by atoms with Gasteiger partial charge in [0.25, 0.3) is 0 Å². The number of hydrogen-bond acceptors (Lipinski definition) is 6. The van der Waals surface area contributed by atoms with Crippen molar-refractivity contribution >= 4 is 5.82 Å². The third-order valence-corrected chi connectivity index (χ3v) is 3.24. The second-order valence-corrected chi connectivity index (χ2v) is 4.95. The summed E-state index contributed by atoms with van der Waals surface area (Å²) in [7, 11) is 3.16. The van der Waals surface area contributed by atoms with E-state index in [1.165, 1.54) is 0 Å². The van der Waals surface area contributed by atoms with Crippen LogP contribution in [-0.2, 0) is 0 Å². The normalized spacial score (nSPS) is 11.9. The molecule has 1 aromatic heterocycles. The number of ether oxygens (including phenoxy) is 2. The molecule has 2 aromatic rings. The molecule has 0 spiro atoms. The average Bonchev–Trinajstić information content (AvgIpc) is 2.51. The maximum Gasteiger partial charge on any atom is 0.130 e. The molecule has 1 atom stereocenters. The molecule has 0 saturated heterocycles. The smallest absolute Gasteiger partial charge is 0.130 e. The molecule has 22 heavy (non-hydrogen) atoms. The second-order valence-electron chi connectivity index (χ2n) is 4.95. The van der Waals surface area contributed by atoms with Gasteiger partial charge in [0, 0.05) is 23.9 Å². The van der Waals surface area contributed by atoms with E-state index in [2.05, 4.69) is 15.3 Å². The summed E-state index contributed by atoms with van der Waals surface area (Å²) in [6.45, 7) is 4.04. The molecule has 0 bridgehead atoms. The quantitative estimate of drug-likeness (QED) is 0.852. The van der Waals surface area contributed by atoms with Crippen molar-refractivity contribution in [1.82, 2.24) is 9.97 Å². The van der Waals surface area contributed by atoms with E-state index < -0.39 is 6.10 Å². The summed E-state index contributed by atoms with van der Waals surface area (Å²) in [6, 6.07) is 7.17. The minimum absolute atomic E-state index is 0.305. The Bertz CT molecular complexity index is 626. The van der Waals surface area contributed by atoms with Gasteiger partial charge in [0.05, 0.1) is 20.3 Å². The number of aliphatic hydroxyl groups excluding tert-OH is 1. The van der Waals surface area contributed by atoms with Crippen molar-refractivity contribution in [1.29, 1.82) is 0 Å². The van der Waals surface area contributed by atoms with Gasteiger partial charge < -0.3 is 19.9 Å². The van der Waals surface area contributed by atoms with Crippen molar-refractivity contribution < 1.29 is 14.6 Å². The largest absolute Gasteiger partial charge is 0.497 e. The number of nitrogens with one attached hydrogen (secondary N) is 1. The first-order valence-corrected chi connectivity index (χ1v) is 6.99. The molecule has 6 heteroatoms. The Morgan fingerprint density at radius 1 is 1.14 bits per heavy atom. The van der Waals surface area contributed by atoms with Gasteiger partial charge in [0.1, 0.15) is 23.1 Å². The Morgan fingerprint density at radius 3 is 2.55 bits per heavy atom.